The molecule has 0 atom stereocenters. The van der Waals surface area contributed by atoms with Crippen molar-refractivity contribution in [2.24, 2.45) is 0 Å². The molecule has 0 bridgehead atoms. The van der Waals surface area contributed by atoms with Gasteiger partial charge in [-0.15, -0.1) is 0 Å². The van der Waals surface area contributed by atoms with Gasteiger partial charge < -0.3 is 9.80 Å². The van der Waals surface area contributed by atoms with Crippen molar-refractivity contribution in [3.63, 3.8) is 0 Å². The van der Waals surface area contributed by atoms with Crippen molar-refractivity contribution >= 4 is 27.7 Å². The van der Waals surface area contributed by atoms with Gasteiger partial charge in [0.1, 0.15) is 0 Å². The SMILES string of the molecule is C=C(C)c1ccc2cccc(N(C)C)c2c1N(C)C. The van der Waals surface area contributed by atoms with E-state index in [-0.39, 0.29) is 0 Å². The Hall–Kier alpha value is -1.96. The molecule has 0 amide bonds. The molecule has 0 radical (unpaired) electrons. The van der Waals surface area contributed by atoms with Crippen LogP contribution in [-0.2, 0) is 0 Å². The number of fused-ring (bicyclic) bond motifs is 1. The third-order valence-corrected chi connectivity index (χ3v) is 3.38. The molecule has 2 rings (SSSR count). The van der Waals surface area contributed by atoms with Gasteiger partial charge in [-0.1, -0.05) is 30.8 Å². The van der Waals surface area contributed by atoms with Gasteiger partial charge in [0.05, 0.1) is 5.69 Å². The second kappa shape index (κ2) is 4.96. The van der Waals surface area contributed by atoms with Gasteiger partial charge in [0, 0.05) is 44.8 Å². The zero-order valence-electron chi connectivity index (χ0n) is 12.5. The van der Waals surface area contributed by atoms with E-state index < -0.39 is 0 Å². The van der Waals surface area contributed by atoms with Crippen molar-refractivity contribution < 1.29 is 0 Å². The summed E-state index contributed by atoms with van der Waals surface area (Å²) in [7, 11) is 8.35. The maximum atomic E-state index is 4.11. The first kappa shape index (κ1) is 13.5. The van der Waals surface area contributed by atoms with Crippen LogP contribution in [0.4, 0.5) is 11.4 Å². The number of anilines is 2. The molecule has 0 heterocycles. The summed E-state index contributed by atoms with van der Waals surface area (Å²) in [6, 6.07) is 10.8. The van der Waals surface area contributed by atoms with E-state index in [0.29, 0.717) is 0 Å². The van der Waals surface area contributed by atoms with Gasteiger partial charge in [-0.2, -0.15) is 0 Å². The molecule has 2 aromatic carbocycles. The summed E-state index contributed by atoms with van der Waals surface area (Å²) in [5.74, 6) is 0. The van der Waals surface area contributed by atoms with E-state index in [0.717, 1.165) is 5.57 Å². The fraction of sp³-hybridized carbons (Fsp3) is 0.294. The lowest BCUT2D eigenvalue weighted by Gasteiger charge is -2.24. The van der Waals surface area contributed by atoms with E-state index in [1.807, 2.05) is 0 Å². The van der Waals surface area contributed by atoms with Crippen LogP contribution in [0, 0.1) is 0 Å². The fourth-order valence-electron chi connectivity index (χ4n) is 2.52. The Balaban J connectivity index is 2.94. The summed E-state index contributed by atoms with van der Waals surface area (Å²) in [5.41, 5.74) is 4.80. The molecule has 100 valence electrons. The van der Waals surface area contributed by atoms with Gasteiger partial charge >= 0.3 is 0 Å². The number of hydrogen-bond donors (Lipinski definition) is 0. The summed E-state index contributed by atoms with van der Waals surface area (Å²) in [6.45, 7) is 6.17. The monoisotopic (exact) mass is 254 g/mol. The van der Waals surface area contributed by atoms with Crippen molar-refractivity contribution in [3.05, 3.63) is 42.5 Å². The van der Waals surface area contributed by atoms with Crippen LogP contribution in [0.3, 0.4) is 0 Å². The Morgan fingerprint density at radius 1 is 0.947 bits per heavy atom. The lowest BCUT2D eigenvalue weighted by atomic mass is 9.98. The molecule has 2 nitrogen and oxygen atoms in total. The quantitative estimate of drug-likeness (QED) is 0.816. The average Bonchev–Trinajstić information content (AvgIpc) is 2.35. The Morgan fingerprint density at radius 3 is 2.16 bits per heavy atom. The van der Waals surface area contributed by atoms with E-state index in [2.05, 4.69) is 81.8 Å². The van der Waals surface area contributed by atoms with Gasteiger partial charge in [-0.05, 0) is 23.9 Å². The first-order valence-electron chi connectivity index (χ1n) is 6.49. The minimum atomic E-state index is 1.10. The van der Waals surface area contributed by atoms with Gasteiger partial charge in [0.25, 0.3) is 0 Å². The second-order valence-corrected chi connectivity index (χ2v) is 5.41. The van der Waals surface area contributed by atoms with Gasteiger partial charge in [-0.25, -0.2) is 0 Å². The Labute approximate surface area is 115 Å². The van der Waals surface area contributed by atoms with E-state index in [9.17, 15) is 0 Å². The number of hydrogen-bond acceptors (Lipinski definition) is 2. The number of rotatable bonds is 3. The van der Waals surface area contributed by atoms with Crippen LogP contribution in [0.15, 0.2) is 36.9 Å². The van der Waals surface area contributed by atoms with Crippen LogP contribution in [0.5, 0.6) is 0 Å². The molecule has 19 heavy (non-hydrogen) atoms. The summed E-state index contributed by atoms with van der Waals surface area (Å²) in [5, 5.41) is 2.55. The van der Waals surface area contributed by atoms with Crippen molar-refractivity contribution in [2.45, 2.75) is 6.92 Å². The zero-order chi connectivity index (χ0) is 14.2. The normalized spacial score (nSPS) is 10.6. The lowest BCUT2D eigenvalue weighted by Crippen LogP contribution is -2.14. The van der Waals surface area contributed by atoms with Crippen molar-refractivity contribution in [3.8, 4) is 0 Å². The highest BCUT2D eigenvalue weighted by atomic mass is 15.1. The number of benzene rings is 2. The molecule has 2 aromatic rings. The highest BCUT2D eigenvalue weighted by Gasteiger charge is 2.14. The standard InChI is InChI=1S/C17H22N2/c1-12(2)14-11-10-13-8-7-9-15(18(3)4)16(13)17(14)19(5)6/h7-11H,1H2,2-6H3. The lowest BCUT2D eigenvalue weighted by molar-refractivity contribution is 1.12. The maximum absolute atomic E-state index is 4.11. The molecule has 0 aliphatic rings. The van der Waals surface area contributed by atoms with Crippen molar-refractivity contribution in [1.29, 1.82) is 0 Å². The van der Waals surface area contributed by atoms with Gasteiger partial charge in [-0.3, -0.25) is 0 Å². The highest BCUT2D eigenvalue weighted by molar-refractivity contribution is 6.07. The largest absolute Gasteiger partial charge is 0.377 e. The maximum Gasteiger partial charge on any atom is 0.0537 e. The third-order valence-electron chi connectivity index (χ3n) is 3.38. The topological polar surface area (TPSA) is 6.48 Å². The Bertz CT molecular complexity index is 624. The molecule has 0 saturated carbocycles. The molecule has 0 aliphatic carbocycles. The smallest absolute Gasteiger partial charge is 0.0537 e. The van der Waals surface area contributed by atoms with Crippen molar-refractivity contribution in [1.82, 2.24) is 0 Å². The van der Waals surface area contributed by atoms with Crippen LogP contribution >= 0.6 is 0 Å². The van der Waals surface area contributed by atoms with E-state index >= 15 is 0 Å². The van der Waals surface area contributed by atoms with Gasteiger partial charge in [0.2, 0.25) is 0 Å². The predicted octanol–water partition coefficient (Wildman–Crippen LogP) is 4.00. The van der Waals surface area contributed by atoms with E-state index in [1.165, 1.54) is 27.7 Å². The van der Waals surface area contributed by atoms with E-state index in [1.54, 1.807) is 0 Å². The molecule has 0 N–H and O–H groups in total. The van der Waals surface area contributed by atoms with Crippen LogP contribution < -0.4 is 9.80 Å². The Kier molecular flexibility index (Phi) is 3.52. The predicted molar refractivity (Wildman–Crippen MR) is 87.3 cm³/mol. The van der Waals surface area contributed by atoms with Crippen LogP contribution in [0.25, 0.3) is 16.3 Å². The fourth-order valence-corrected chi connectivity index (χ4v) is 2.52. The minimum Gasteiger partial charge on any atom is -0.377 e. The summed E-state index contributed by atoms with van der Waals surface area (Å²) < 4.78 is 0. The van der Waals surface area contributed by atoms with Crippen LogP contribution in [0.1, 0.15) is 12.5 Å². The van der Waals surface area contributed by atoms with Crippen molar-refractivity contribution in [2.75, 3.05) is 38.0 Å². The van der Waals surface area contributed by atoms with Crippen LogP contribution in [-0.4, -0.2) is 28.2 Å². The molecular formula is C17H22N2. The first-order valence-corrected chi connectivity index (χ1v) is 6.49. The minimum absolute atomic E-state index is 1.10. The second-order valence-electron chi connectivity index (χ2n) is 5.41. The summed E-state index contributed by atoms with van der Waals surface area (Å²) >= 11 is 0. The highest BCUT2D eigenvalue weighted by Crippen LogP contribution is 2.38. The molecular weight excluding hydrogens is 232 g/mol. The van der Waals surface area contributed by atoms with E-state index in [4.69, 9.17) is 0 Å². The molecule has 0 saturated heterocycles. The van der Waals surface area contributed by atoms with Crippen LogP contribution in [0.2, 0.25) is 0 Å². The zero-order valence-corrected chi connectivity index (χ0v) is 12.5. The summed E-state index contributed by atoms with van der Waals surface area (Å²) in [4.78, 5) is 4.34. The molecule has 0 aromatic heterocycles. The Morgan fingerprint density at radius 2 is 1.63 bits per heavy atom. The number of nitrogens with zero attached hydrogens (tertiary/aromatic N) is 2. The summed E-state index contributed by atoms with van der Waals surface area (Å²) in [6.07, 6.45) is 0. The molecule has 0 fully saturated rings. The molecule has 0 unspecified atom stereocenters. The molecule has 2 heteroatoms. The first-order chi connectivity index (χ1) is 8.93. The van der Waals surface area contributed by atoms with Gasteiger partial charge in [0.15, 0.2) is 0 Å². The number of allylic oxidation sites excluding steroid dienone is 1. The molecule has 0 aliphatic heterocycles. The average molecular weight is 254 g/mol. The third kappa shape index (κ3) is 2.30. The molecule has 0 spiro atoms.